The Bertz CT molecular complexity index is 599. The number of rotatable bonds is 5. The smallest absolute Gasteiger partial charge is 0.251 e. The van der Waals surface area contributed by atoms with Crippen LogP contribution in [0.25, 0.3) is 5.82 Å². The van der Waals surface area contributed by atoms with Crippen LogP contribution in [-0.4, -0.2) is 32.3 Å². The molecule has 2 rings (SSSR count). The van der Waals surface area contributed by atoms with Gasteiger partial charge in [-0.1, -0.05) is 11.6 Å². The Kier molecular flexibility index (Phi) is 4.08. The second-order valence-corrected chi connectivity index (χ2v) is 4.03. The van der Waals surface area contributed by atoms with E-state index < -0.39 is 5.91 Å². The van der Waals surface area contributed by atoms with Crippen molar-refractivity contribution in [3.63, 3.8) is 0 Å². The highest BCUT2D eigenvalue weighted by atomic mass is 35.5. The molecule has 0 saturated heterocycles. The van der Waals surface area contributed by atoms with Gasteiger partial charge >= 0.3 is 0 Å². The first-order valence-corrected chi connectivity index (χ1v) is 5.94. The number of nitrogens with two attached hydrogens (primary N) is 1. The summed E-state index contributed by atoms with van der Waals surface area (Å²) in [5, 5.41) is 4.27. The molecule has 0 saturated carbocycles. The van der Waals surface area contributed by atoms with Gasteiger partial charge in [0.2, 0.25) is 0 Å². The SMILES string of the molecule is CCOCc1nc(Cl)cc(-n2cc(C(N)=O)cn2)n1. The van der Waals surface area contributed by atoms with E-state index >= 15 is 0 Å². The van der Waals surface area contributed by atoms with Gasteiger partial charge in [0.25, 0.3) is 5.91 Å². The van der Waals surface area contributed by atoms with Gasteiger partial charge in [-0.2, -0.15) is 5.10 Å². The topological polar surface area (TPSA) is 95.9 Å². The summed E-state index contributed by atoms with van der Waals surface area (Å²) in [6, 6.07) is 1.54. The van der Waals surface area contributed by atoms with E-state index in [1.54, 1.807) is 0 Å². The van der Waals surface area contributed by atoms with Crippen molar-refractivity contribution in [3.05, 3.63) is 35.0 Å². The Morgan fingerprint density at radius 1 is 1.53 bits per heavy atom. The Morgan fingerprint density at radius 3 is 2.95 bits per heavy atom. The summed E-state index contributed by atoms with van der Waals surface area (Å²) in [4.78, 5) is 19.3. The fourth-order valence-electron chi connectivity index (χ4n) is 1.40. The third kappa shape index (κ3) is 3.27. The number of ether oxygens (including phenoxy) is 1. The van der Waals surface area contributed by atoms with Crippen molar-refractivity contribution in [3.8, 4) is 5.82 Å². The molecule has 0 spiro atoms. The van der Waals surface area contributed by atoms with Crippen LogP contribution in [0.5, 0.6) is 0 Å². The number of carbonyl (C=O) groups is 1. The zero-order chi connectivity index (χ0) is 13.8. The highest BCUT2D eigenvalue weighted by Crippen LogP contribution is 2.12. The molecule has 0 aliphatic rings. The van der Waals surface area contributed by atoms with Gasteiger partial charge in [0.1, 0.15) is 11.8 Å². The maximum atomic E-state index is 11.0. The van der Waals surface area contributed by atoms with Gasteiger partial charge in [-0.3, -0.25) is 4.79 Å². The highest BCUT2D eigenvalue weighted by molar-refractivity contribution is 6.29. The number of nitrogens with zero attached hydrogens (tertiary/aromatic N) is 4. The molecule has 7 nitrogen and oxygen atoms in total. The largest absolute Gasteiger partial charge is 0.374 e. The van der Waals surface area contributed by atoms with Crippen molar-refractivity contribution in [2.24, 2.45) is 5.73 Å². The lowest BCUT2D eigenvalue weighted by Gasteiger charge is -2.05. The lowest BCUT2D eigenvalue weighted by atomic mass is 10.3. The number of hydrogen-bond donors (Lipinski definition) is 1. The number of primary amides is 1. The molecule has 100 valence electrons. The van der Waals surface area contributed by atoms with E-state index in [-0.39, 0.29) is 11.8 Å². The third-order valence-corrected chi connectivity index (χ3v) is 2.46. The van der Waals surface area contributed by atoms with Crippen LogP contribution in [0.4, 0.5) is 0 Å². The Balaban J connectivity index is 2.32. The van der Waals surface area contributed by atoms with E-state index in [0.29, 0.717) is 23.8 Å². The predicted octanol–water partition coefficient (Wildman–Crippen LogP) is 0.951. The quantitative estimate of drug-likeness (QED) is 0.823. The minimum atomic E-state index is -0.555. The molecule has 0 fully saturated rings. The van der Waals surface area contributed by atoms with Gasteiger partial charge in [0.05, 0.1) is 11.8 Å². The second-order valence-electron chi connectivity index (χ2n) is 3.64. The summed E-state index contributed by atoms with van der Waals surface area (Å²) in [6.45, 7) is 2.69. The first-order chi connectivity index (χ1) is 9.10. The highest BCUT2D eigenvalue weighted by Gasteiger charge is 2.09. The number of aromatic nitrogens is 4. The Morgan fingerprint density at radius 2 is 2.32 bits per heavy atom. The number of carbonyl (C=O) groups excluding carboxylic acids is 1. The molecule has 0 atom stereocenters. The van der Waals surface area contributed by atoms with Crippen molar-refractivity contribution < 1.29 is 9.53 Å². The maximum absolute atomic E-state index is 11.0. The van der Waals surface area contributed by atoms with Gasteiger partial charge < -0.3 is 10.5 Å². The zero-order valence-electron chi connectivity index (χ0n) is 10.2. The molecular weight excluding hydrogens is 270 g/mol. The van der Waals surface area contributed by atoms with Crippen LogP contribution in [0.2, 0.25) is 5.15 Å². The average molecular weight is 282 g/mol. The van der Waals surface area contributed by atoms with E-state index in [9.17, 15) is 4.79 Å². The van der Waals surface area contributed by atoms with Crippen molar-refractivity contribution in [2.75, 3.05) is 6.61 Å². The molecule has 8 heteroatoms. The molecule has 0 radical (unpaired) electrons. The number of amides is 1. The zero-order valence-corrected chi connectivity index (χ0v) is 11.0. The van der Waals surface area contributed by atoms with E-state index in [1.165, 1.54) is 23.1 Å². The second kappa shape index (κ2) is 5.77. The summed E-state index contributed by atoms with van der Waals surface area (Å²) in [6.07, 6.45) is 2.84. The lowest BCUT2D eigenvalue weighted by molar-refractivity contribution is 0.100. The average Bonchev–Trinajstić information content (AvgIpc) is 2.85. The predicted molar refractivity (Wildman–Crippen MR) is 68.0 cm³/mol. The summed E-state index contributed by atoms with van der Waals surface area (Å²) in [7, 11) is 0. The van der Waals surface area contributed by atoms with E-state index in [2.05, 4.69) is 15.1 Å². The summed E-state index contributed by atoms with van der Waals surface area (Å²) in [5.74, 6) is 0.337. The van der Waals surface area contributed by atoms with Crippen LogP contribution in [0.3, 0.4) is 0 Å². The molecule has 0 unspecified atom stereocenters. The van der Waals surface area contributed by atoms with Crippen LogP contribution in [-0.2, 0) is 11.3 Å². The molecule has 2 aromatic heterocycles. The van der Waals surface area contributed by atoms with E-state index in [4.69, 9.17) is 22.1 Å². The van der Waals surface area contributed by atoms with Crippen LogP contribution in [0.1, 0.15) is 23.1 Å². The monoisotopic (exact) mass is 281 g/mol. The normalized spacial score (nSPS) is 10.6. The van der Waals surface area contributed by atoms with Gasteiger partial charge in [-0.25, -0.2) is 14.6 Å². The van der Waals surface area contributed by atoms with E-state index in [1.807, 2.05) is 6.92 Å². The molecule has 0 aliphatic carbocycles. The molecule has 0 bridgehead atoms. The maximum Gasteiger partial charge on any atom is 0.251 e. The summed E-state index contributed by atoms with van der Waals surface area (Å²) < 4.78 is 6.63. The van der Waals surface area contributed by atoms with Crippen LogP contribution < -0.4 is 5.73 Å². The van der Waals surface area contributed by atoms with Gasteiger partial charge in [-0.05, 0) is 6.92 Å². The number of halogens is 1. The summed E-state index contributed by atoms with van der Waals surface area (Å²) in [5.41, 5.74) is 5.45. The van der Waals surface area contributed by atoms with Gasteiger partial charge in [0.15, 0.2) is 11.6 Å². The first-order valence-electron chi connectivity index (χ1n) is 5.56. The van der Waals surface area contributed by atoms with Crippen LogP contribution in [0.15, 0.2) is 18.5 Å². The van der Waals surface area contributed by atoms with Crippen molar-refractivity contribution in [2.45, 2.75) is 13.5 Å². The molecule has 0 aliphatic heterocycles. The molecular formula is C11H12ClN5O2. The van der Waals surface area contributed by atoms with Gasteiger partial charge in [-0.15, -0.1) is 0 Å². The molecule has 2 heterocycles. The standard InChI is InChI=1S/C11H12ClN5O2/c1-2-19-6-9-15-8(12)3-10(16-9)17-5-7(4-14-17)11(13)18/h3-5H,2,6H2,1H3,(H2,13,18). The fourth-order valence-corrected chi connectivity index (χ4v) is 1.60. The fraction of sp³-hybridized carbons (Fsp3) is 0.273. The Hall–Kier alpha value is -1.99. The molecule has 0 aromatic carbocycles. The molecule has 2 N–H and O–H groups in total. The van der Waals surface area contributed by atoms with Crippen molar-refractivity contribution in [1.29, 1.82) is 0 Å². The summed E-state index contributed by atoms with van der Waals surface area (Å²) >= 11 is 5.91. The van der Waals surface area contributed by atoms with E-state index in [0.717, 1.165) is 0 Å². The molecule has 2 aromatic rings. The minimum Gasteiger partial charge on any atom is -0.374 e. The first kappa shape index (κ1) is 13.4. The Labute approximate surface area is 114 Å². The van der Waals surface area contributed by atoms with Crippen LogP contribution in [0, 0.1) is 0 Å². The molecule has 1 amide bonds. The van der Waals surface area contributed by atoms with Gasteiger partial charge in [0, 0.05) is 18.9 Å². The van der Waals surface area contributed by atoms with Crippen LogP contribution >= 0.6 is 11.6 Å². The van der Waals surface area contributed by atoms with Crippen molar-refractivity contribution >= 4 is 17.5 Å². The lowest BCUT2D eigenvalue weighted by Crippen LogP contribution is -2.10. The molecule has 19 heavy (non-hydrogen) atoms. The minimum absolute atomic E-state index is 0.258. The third-order valence-electron chi connectivity index (χ3n) is 2.26. The number of hydrogen-bond acceptors (Lipinski definition) is 5. The van der Waals surface area contributed by atoms with Crippen molar-refractivity contribution in [1.82, 2.24) is 19.7 Å².